The highest BCUT2D eigenvalue weighted by Gasteiger charge is 2.61. The van der Waals surface area contributed by atoms with Crippen molar-refractivity contribution in [1.82, 2.24) is 0 Å². The lowest BCUT2D eigenvalue weighted by Gasteiger charge is -2.30. The van der Waals surface area contributed by atoms with Crippen LogP contribution in [-0.2, 0) is 14.4 Å². The summed E-state index contributed by atoms with van der Waals surface area (Å²) >= 11 is 6.29. The number of anilines is 2. The number of para-hydroxylation sites is 2. The minimum atomic E-state index is -0.994. The molecule has 0 aliphatic carbocycles. The normalized spacial score (nSPS) is 21.7. The minimum absolute atomic E-state index is 0.353. The summed E-state index contributed by atoms with van der Waals surface area (Å²) in [5, 5.41) is 2.11. The van der Waals surface area contributed by atoms with E-state index in [4.69, 9.17) is 25.9 Å². The first kappa shape index (κ1) is 22.3. The molecule has 8 heteroatoms. The van der Waals surface area contributed by atoms with Gasteiger partial charge in [0.15, 0.2) is 17.6 Å². The number of hydroxylamine groups is 1. The molecular weight excluding hydrogens is 456 g/mol. The molecule has 0 spiro atoms. The van der Waals surface area contributed by atoms with Gasteiger partial charge >= 0.3 is 0 Å². The fraction of sp³-hybridized carbons (Fsp3) is 0.231. The zero-order valence-electron chi connectivity index (χ0n) is 18.9. The minimum Gasteiger partial charge on any atom is -0.493 e. The first-order valence-electron chi connectivity index (χ1n) is 10.8. The van der Waals surface area contributed by atoms with Gasteiger partial charge in [0.25, 0.3) is 5.91 Å². The number of carbonyl (C=O) groups is 2. The largest absolute Gasteiger partial charge is 0.493 e. The molecule has 3 aromatic rings. The van der Waals surface area contributed by atoms with Crippen LogP contribution in [-0.4, -0.2) is 32.1 Å². The van der Waals surface area contributed by atoms with Crippen LogP contribution in [0.5, 0.6) is 11.5 Å². The summed E-state index contributed by atoms with van der Waals surface area (Å²) < 4.78 is 11.2. The maximum atomic E-state index is 13.9. The summed E-state index contributed by atoms with van der Waals surface area (Å²) in [6.07, 6.45) is -0.994. The van der Waals surface area contributed by atoms with Crippen LogP contribution in [0.15, 0.2) is 66.7 Å². The SMILES string of the molecule is COc1cccc([C@H]2[C@H]3C(=O)N(c4cccc(Cl)c4C)C(=O)[C@@H]3ON2c2ccccc2)c1OC. The van der Waals surface area contributed by atoms with E-state index < -0.39 is 24.0 Å². The third-order valence-corrected chi connectivity index (χ3v) is 6.77. The monoisotopic (exact) mass is 478 g/mol. The van der Waals surface area contributed by atoms with Crippen molar-refractivity contribution in [2.45, 2.75) is 19.1 Å². The molecule has 34 heavy (non-hydrogen) atoms. The molecule has 2 aliphatic rings. The van der Waals surface area contributed by atoms with E-state index in [9.17, 15) is 9.59 Å². The Balaban J connectivity index is 1.66. The van der Waals surface area contributed by atoms with E-state index in [-0.39, 0.29) is 5.91 Å². The van der Waals surface area contributed by atoms with Crippen molar-refractivity contribution < 1.29 is 23.9 Å². The van der Waals surface area contributed by atoms with Gasteiger partial charge < -0.3 is 9.47 Å². The first-order valence-corrected chi connectivity index (χ1v) is 11.2. The van der Waals surface area contributed by atoms with Crippen molar-refractivity contribution in [2.75, 3.05) is 24.2 Å². The molecule has 174 valence electrons. The number of benzene rings is 3. The van der Waals surface area contributed by atoms with Gasteiger partial charge in [0.05, 0.1) is 25.6 Å². The van der Waals surface area contributed by atoms with Crippen LogP contribution in [0.2, 0.25) is 5.02 Å². The van der Waals surface area contributed by atoms with Crippen LogP contribution in [0.25, 0.3) is 0 Å². The van der Waals surface area contributed by atoms with Crippen molar-refractivity contribution in [3.8, 4) is 11.5 Å². The van der Waals surface area contributed by atoms with Crippen molar-refractivity contribution in [1.29, 1.82) is 0 Å². The fourth-order valence-electron chi connectivity index (χ4n) is 4.75. The molecule has 0 N–H and O–H groups in total. The third kappa shape index (κ3) is 3.31. The summed E-state index contributed by atoms with van der Waals surface area (Å²) in [6, 6.07) is 19.4. The highest BCUT2D eigenvalue weighted by molar-refractivity contribution is 6.32. The zero-order chi connectivity index (χ0) is 24.0. The van der Waals surface area contributed by atoms with Gasteiger partial charge in [-0.05, 0) is 42.8 Å². The van der Waals surface area contributed by atoms with Crippen LogP contribution in [0.3, 0.4) is 0 Å². The van der Waals surface area contributed by atoms with E-state index in [1.165, 1.54) is 4.90 Å². The van der Waals surface area contributed by atoms with Crippen LogP contribution in [0, 0.1) is 12.8 Å². The summed E-state index contributed by atoms with van der Waals surface area (Å²) in [4.78, 5) is 34.8. The second-order valence-electron chi connectivity index (χ2n) is 8.14. The number of carbonyl (C=O) groups excluding carboxylic acids is 2. The van der Waals surface area contributed by atoms with Gasteiger partial charge in [-0.15, -0.1) is 0 Å². The highest BCUT2D eigenvalue weighted by Crippen LogP contribution is 2.51. The van der Waals surface area contributed by atoms with Gasteiger partial charge in [-0.25, -0.2) is 9.96 Å². The average molecular weight is 479 g/mol. The van der Waals surface area contributed by atoms with Crippen LogP contribution >= 0.6 is 11.6 Å². The Morgan fingerprint density at radius 1 is 0.882 bits per heavy atom. The fourth-order valence-corrected chi connectivity index (χ4v) is 4.92. The molecule has 0 bridgehead atoms. The van der Waals surface area contributed by atoms with Crippen molar-refractivity contribution >= 4 is 34.8 Å². The average Bonchev–Trinajstić information content (AvgIpc) is 3.37. The van der Waals surface area contributed by atoms with Crippen molar-refractivity contribution in [3.63, 3.8) is 0 Å². The summed E-state index contributed by atoms with van der Waals surface area (Å²) in [5.41, 5.74) is 2.52. The van der Waals surface area contributed by atoms with Gasteiger partial charge in [0, 0.05) is 10.6 Å². The predicted octanol–water partition coefficient (Wildman–Crippen LogP) is 4.72. The molecular formula is C26H23ClN2O5. The molecule has 0 saturated carbocycles. The van der Waals surface area contributed by atoms with Crippen molar-refractivity contribution in [2.24, 2.45) is 5.92 Å². The lowest BCUT2D eigenvalue weighted by molar-refractivity contribution is -0.126. The number of hydrogen-bond acceptors (Lipinski definition) is 6. The van der Waals surface area contributed by atoms with Crippen LogP contribution < -0.4 is 19.4 Å². The number of fused-ring (bicyclic) bond motifs is 1. The van der Waals surface area contributed by atoms with E-state index in [0.29, 0.717) is 33.3 Å². The number of hydrogen-bond donors (Lipinski definition) is 0. The maximum Gasteiger partial charge on any atom is 0.266 e. The van der Waals surface area contributed by atoms with Crippen LogP contribution in [0.4, 0.5) is 11.4 Å². The van der Waals surface area contributed by atoms with E-state index in [2.05, 4.69) is 0 Å². The Bertz CT molecular complexity index is 1270. The molecule has 2 saturated heterocycles. The molecule has 0 radical (unpaired) electrons. The highest BCUT2D eigenvalue weighted by atomic mass is 35.5. The second-order valence-corrected chi connectivity index (χ2v) is 8.54. The molecule has 0 unspecified atom stereocenters. The Hall–Kier alpha value is -3.55. The number of rotatable bonds is 5. The van der Waals surface area contributed by atoms with Crippen molar-refractivity contribution in [3.05, 3.63) is 82.9 Å². The molecule has 3 aromatic carbocycles. The van der Waals surface area contributed by atoms with Gasteiger partial charge in [-0.1, -0.05) is 48.0 Å². The molecule has 2 amide bonds. The van der Waals surface area contributed by atoms with Gasteiger partial charge in [-0.3, -0.25) is 14.4 Å². The molecule has 7 nitrogen and oxygen atoms in total. The van der Waals surface area contributed by atoms with Crippen LogP contribution in [0.1, 0.15) is 17.2 Å². The number of methoxy groups -OCH3 is 2. The van der Waals surface area contributed by atoms with E-state index >= 15 is 0 Å². The number of ether oxygens (including phenoxy) is 2. The number of imide groups is 1. The maximum absolute atomic E-state index is 13.9. The topological polar surface area (TPSA) is 68.3 Å². The second kappa shape index (κ2) is 8.66. The Morgan fingerprint density at radius 3 is 2.32 bits per heavy atom. The molecule has 5 rings (SSSR count). The molecule has 2 aliphatic heterocycles. The molecule has 0 aromatic heterocycles. The van der Waals surface area contributed by atoms with Gasteiger partial charge in [0.1, 0.15) is 12.0 Å². The Labute approximate surface area is 202 Å². The van der Waals surface area contributed by atoms with E-state index in [1.807, 2.05) is 42.5 Å². The lowest BCUT2D eigenvalue weighted by atomic mass is 9.89. The third-order valence-electron chi connectivity index (χ3n) is 6.36. The number of halogens is 1. The lowest BCUT2D eigenvalue weighted by Crippen LogP contribution is -2.37. The van der Waals surface area contributed by atoms with Gasteiger partial charge in [0.2, 0.25) is 5.91 Å². The predicted molar refractivity (Wildman–Crippen MR) is 128 cm³/mol. The van der Waals surface area contributed by atoms with E-state index in [1.54, 1.807) is 50.5 Å². The Kier molecular flexibility index (Phi) is 5.67. The number of amides is 2. The summed E-state index contributed by atoms with van der Waals surface area (Å²) in [6.45, 7) is 1.78. The van der Waals surface area contributed by atoms with E-state index in [0.717, 1.165) is 5.69 Å². The quantitative estimate of drug-likeness (QED) is 0.494. The smallest absolute Gasteiger partial charge is 0.266 e. The molecule has 3 atom stereocenters. The van der Waals surface area contributed by atoms with Gasteiger partial charge in [-0.2, -0.15) is 0 Å². The molecule has 2 fully saturated rings. The number of nitrogens with zero attached hydrogens (tertiary/aromatic N) is 2. The summed E-state index contributed by atoms with van der Waals surface area (Å²) in [7, 11) is 3.10. The standard InChI is InChI=1S/C26H23ClN2O5/c1-15-18(27)12-8-13-19(15)28-25(30)21-22(17-11-7-14-20(32-2)23(17)33-3)29(34-24(21)26(28)31)16-9-5-4-6-10-16/h4-14,21-22,24H,1-3H3/t21-,22+,24-/m1/s1. The Morgan fingerprint density at radius 2 is 1.62 bits per heavy atom. The zero-order valence-corrected chi connectivity index (χ0v) is 19.7. The molecule has 2 heterocycles. The first-order chi connectivity index (χ1) is 16.5. The summed E-state index contributed by atoms with van der Waals surface area (Å²) in [5.74, 6) is -0.569.